The number of hydrogen-bond acceptors (Lipinski definition) is 2. The Kier molecular flexibility index (Phi) is 4.18. The van der Waals surface area contributed by atoms with Gasteiger partial charge in [-0.15, -0.1) is 0 Å². The number of aliphatic hydroxyl groups is 1. The Balaban J connectivity index is 2.11. The average Bonchev–Trinajstić information content (AvgIpc) is 2.31. The molecule has 1 aliphatic heterocycles. The number of rotatable bonds is 3. The zero-order chi connectivity index (χ0) is 13.2. The van der Waals surface area contributed by atoms with Crippen LogP contribution >= 0.6 is 11.6 Å². The smallest absolute Gasteiger partial charge is 0.0433 e. The largest absolute Gasteiger partial charge is 0.396 e. The molecule has 2 rings (SSSR count). The van der Waals surface area contributed by atoms with Crippen molar-refractivity contribution in [1.29, 1.82) is 0 Å². The van der Waals surface area contributed by atoms with Crippen LogP contribution < -0.4 is 4.90 Å². The number of piperidine rings is 1. The first-order valence-electron chi connectivity index (χ1n) is 6.64. The first-order valence-corrected chi connectivity index (χ1v) is 7.02. The van der Waals surface area contributed by atoms with Gasteiger partial charge >= 0.3 is 0 Å². The maximum absolute atomic E-state index is 9.14. The molecule has 0 aliphatic carbocycles. The standard InChI is InChI=1S/C15H22ClNO/c1-15(2)11-17(8-6-12(15)7-9-18)14-5-3-4-13(16)10-14/h3-5,10,12,18H,6-9,11H2,1-2H3. The molecule has 0 radical (unpaired) electrons. The lowest BCUT2D eigenvalue weighted by Gasteiger charge is -2.45. The molecular weight excluding hydrogens is 246 g/mol. The second-order valence-electron chi connectivity index (χ2n) is 5.89. The zero-order valence-corrected chi connectivity index (χ0v) is 12.0. The van der Waals surface area contributed by atoms with Crippen LogP contribution in [0.1, 0.15) is 26.7 Å². The van der Waals surface area contributed by atoms with E-state index in [1.165, 1.54) is 5.69 Å². The fraction of sp³-hybridized carbons (Fsp3) is 0.600. The van der Waals surface area contributed by atoms with E-state index in [-0.39, 0.29) is 5.41 Å². The van der Waals surface area contributed by atoms with Crippen molar-refractivity contribution in [3.8, 4) is 0 Å². The minimum absolute atomic E-state index is 0.239. The fourth-order valence-corrected chi connectivity index (χ4v) is 3.17. The Labute approximate surface area is 115 Å². The highest BCUT2D eigenvalue weighted by molar-refractivity contribution is 6.30. The van der Waals surface area contributed by atoms with E-state index in [2.05, 4.69) is 24.8 Å². The van der Waals surface area contributed by atoms with Crippen LogP contribution in [-0.4, -0.2) is 24.8 Å². The Bertz CT molecular complexity index is 405. The van der Waals surface area contributed by atoms with Crippen molar-refractivity contribution in [1.82, 2.24) is 0 Å². The lowest BCUT2D eigenvalue weighted by atomic mass is 9.72. The summed E-state index contributed by atoms with van der Waals surface area (Å²) >= 11 is 6.05. The van der Waals surface area contributed by atoms with Gasteiger partial charge in [0.15, 0.2) is 0 Å². The minimum atomic E-state index is 0.239. The SMILES string of the molecule is CC1(C)CN(c2cccc(Cl)c2)CCC1CCO. The van der Waals surface area contributed by atoms with Gasteiger partial charge in [-0.25, -0.2) is 0 Å². The molecule has 1 heterocycles. The van der Waals surface area contributed by atoms with Crippen LogP contribution in [0.25, 0.3) is 0 Å². The van der Waals surface area contributed by atoms with Gasteiger partial charge in [0.1, 0.15) is 0 Å². The second-order valence-corrected chi connectivity index (χ2v) is 6.32. The molecule has 1 fully saturated rings. The van der Waals surface area contributed by atoms with Gasteiger partial charge in [0.2, 0.25) is 0 Å². The Morgan fingerprint density at radius 2 is 2.22 bits per heavy atom. The lowest BCUT2D eigenvalue weighted by molar-refractivity contribution is 0.134. The second kappa shape index (κ2) is 5.50. The van der Waals surface area contributed by atoms with Crippen LogP contribution in [0.2, 0.25) is 5.02 Å². The summed E-state index contributed by atoms with van der Waals surface area (Å²) in [5, 5.41) is 9.93. The van der Waals surface area contributed by atoms with Crippen LogP contribution in [-0.2, 0) is 0 Å². The van der Waals surface area contributed by atoms with Gasteiger partial charge in [-0.1, -0.05) is 31.5 Å². The Morgan fingerprint density at radius 1 is 1.44 bits per heavy atom. The molecule has 1 aliphatic rings. The van der Waals surface area contributed by atoms with E-state index in [0.717, 1.165) is 31.0 Å². The number of halogens is 1. The topological polar surface area (TPSA) is 23.5 Å². The molecule has 18 heavy (non-hydrogen) atoms. The Hall–Kier alpha value is -0.730. The summed E-state index contributed by atoms with van der Waals surface area (Å²) in [4.78, 5) is 2.40. The highest BCUT2D eigenvalue weighted by Gasteiger charge is 2.35. The third-order valence-corrected chi connectivity index (χ3v) is 4.34. The van der Waals surface area contributed by atoms with Crippen molar-refractivity contribution in [2.75, 3.05) is 24.6 Å². The molecule has 100 valence electrons. The molecule has 0 saturated carbocycles. The molecule has 0 amide bonds. The monoisotopic (exact) mass is 267 g/mol. The molecule has 0 bridgehead atoms. The first kappa shape index (κ1) is 13.7. The van der Waals surface area contributed by atoms with Gasteiger partial charge in [0.05, 0.1) is 0 Å². The fourth-order valence-electron chi connectivity index (χ4n) is 2.99. The van der Waals surface area contributed by atoms with E-state index in [1.54, 1.807) is 0 Å². The first-order chi connectivity index (χ1) is 8.53. The van der Waals surface area contributed by atoms with E-state index in [9.17, 15) is 0 Å². The zero-order valence-electron chi connectivity index (χ0n) is 11.2. The summed E-state index contributed by atoms with van der Waals surface area (Å²) in [5.41, 5.74) is 1.45. The third kappa shape index (κ3) is 2.99. The lowest BCUT2D eigenvalue weighted by Crippen LogP contribution is -2.46. The molecule has 0 aromatic heterocycles. The van der Waals surface area contributed by atoms with Crippen LogP contribution in [0.3, 0.4) is 0 Å². The molecule has 1 aromatic carbocycles. The molecule has 1 aromatic rings. The molecule has 1 saturated heterocycles. The highest BCUT2D eigenvalue weighted by atomic mass is 35.5. The van der Waals surface area contributed by atoms with Crippen molar-refractivity contribution in [3.05, 3.63) is 29.3 Å². The molecule has 1 unspecified atom stereocenters. The van der Waals surface area contributed by atoms with Crippen LogP contribution in [0.5, 0.6) is 0 Å². The predicted octanol–water partition coefficient (Wildman–Crippen LogP) is 3.57. The van der Waals surface area contributed by atoms with E-state index < -0.39 is 0 Å². The maximum atomic E-state index is 9.14. The van der Waals surface area contributed by atoms with E-state index >= 15 is 0 Å². The molecular formula is C15H22ClNO. The van der Waals surface area contributed by atoms with Crippen LogP contribution in [0.15, 0.2) is 24.3 Å². The van der Waals surface area contributed by atoms with Crippen molar-refractivity contribution in [2.45, 2.75) is 26.7 Å². The van der Waals surface area contributed by atoms with Crippen molar-refractivity contribution in [2.24, 2.45) is 11.3 Å². The predicted molar refractivity (Wildman–Crippen MR) is 77.3 cm³/mol. The molecule has 1 atom stereocenters. The average molecular weight is 268 g/mol. The van der Waals surface area contributed by atoms with Gasteiger partial charge in [0, 0.05) is 30.4 Å². The van der Waals surface area contributed by atoms with Crippen LogP contribution in [0.4, 0.5) is 5.69 Å². The third-order valence-electron chi connectivity index (χ3n) is 4.10. The number of nitrogens with zero attached hydrogens (tertiary/aromatic N) is 1. The normalized spacial score (nSPS) is 23.1. The summed E-state index contributed by atoms with van der Waals surface area (Å²) < 4.78 is 0. The number of hydrogen-bond donors (Lipinski definition) is 1. The van der Waals surface area contributed by atoms with Gasteiger partial charge in [-0.3, -0.25) is 0 Å². The summed E-state index contributed by atoms with van der Waals surface area (Å²) in [5.74, 6) is 0.609. The summed E-state index contributed by atoms with van der Waals surface area (Å²) in [6, 6.07) is 8.07. The van der Waals surface area contributed by atoms with Crippen molar-refractivity contribution < 1.29 is 5.11 Å². The van der Waals surface area contributed by atoms with Crippen molar-refractivity contribution >= 4 is 17.3 Å². The molecule has 1 N–H and O–H groups in total. The summed E-state index contributed by atoms with van der Waals surface area (Å²) in [7, 11) is 0. The molecule has 0 spiro atoms. The minimum Gasteiger partial charge on any atom is -0.396 e. The van der Waals surface area contributed by atoms with E-state index in [1.807, 2.05) is 18.2 Å². The number of aliphatic hydroxyl groups excluding tert-OH is 1. The van der Waals surface area contributed by atoms with Crippen LogP contribution in [0, 0.1) is 11.3 Å². The van der Waals surface area contributed by atoms with Gasteiger partial charge in [0.25, 0.3) is 0 Å². The summed E-state index contributed by atoms with van der Waals surface area (Å²) in [6.45, 7) is 6.96. The molecule has 2 nitrogen and oxygen atoms in total. The Morgan fingerprint density at radius 3 is 2.83 bits per heavy atom. The van der Waals surface area contributed by atoms with Gasteiger partial charge in [-0.05, 0) is 42.4 Å². The van der Waals surface area contributed by atoms with E-state index in [4.69, 9.17) is 16.7 Å². The van der Waals surface area contributed by atoms with E-state index in [0.29, 0.717) is 12.5 Å². The number of benzene rings is 1. The quantitative estimate of drug-likeness (QED) is 0.905. The highest BCUT2D eigenvalue weighted by Crippen LogP contribution is 2.38. The van der Waals surface area contributed by atoms with Gasteiger partial charge in [-0.2, -0.15) is 0 Å². The number of anilines is 1. The van der Waals surface area contributed by atoms with Gasteiger partial charge < -0.3 is 10.0 Å². The summed E-state index contributed by atoms with van der Waals surface area (Å²) in [6.07, 6.45) is 2.05. The maximum Gasteiger partial charge on any atom is 0.0433 e. The molecule has 3 heteroatoms. The van der Waals surface area contributed by atoms with Crippen molar-refractivity contribution in [3.63, 3.8) is 0 Å².